The highest BCUT2D eigenvalue weighted by Gasteiger charge is 2.30. The molecule has 9 heteroatoms. The van der Waals surface area contributed by atoms with E-state index in [0.717, 1.165) is 11.0 Å². The zero-order chi connectivity index (χ0) is 15.7. The number of sulfonamides is 1. The van der Waals surface area contributed by atoms with E-state index in [-0.39, 0.29) is 10.0 Å². The molecule has 0 bridgehead atoms. The molecular weight excluding hydrogens is 330 g/mol. The second-order valence-corrected chi connectivity index (χ2v) is 7.11. The molecule has 0 aromatic heterocycles. The summed E-state index contributed by atoms with van der Waals surface area (Å²) in [6.07, 6.45) is 0. The highest BCUT2D eigenvalue weighted by Crippen LogP contribution is 2.30. The molecular formula is C11H13Cl2FN2O3S. The van der Waals surface area contributed by atoms with Crippen molar-refractivity contribution < 1.29 is 17.6 Å². The van der Waals surface area contributed by atoms with Gasteiger partial charge in [-0.25, -0.2) is 12.8 Å². The van der Waals surface area contributed by atoms with E-state index < -0.39 is 32.7 Å². The number of hydrogen-bond acceptors (Lipinski definition) is 3. The Morgan fingerprint density at radius 2 is 1.90 bits per heavy atom. The number of benzene rings is 1. The van der Waals surface area contributed by atoms with Gasteiger partial charge in [0.2, 0.25) is 15.9 Å². The lowest BCUT2D eigenvalue weighted by Crippen LogP contribution is -2.40. The van der Waals surface area contributed by atoms with E-state index in [1.165, 1.54) is 27.1 Å². The first-order valence-electron chi connectivity index (χ1n) is 5.43. The molecule has 112 valence electrons. The van der Waals surface area contributed by atoms with Crippen LogP contribution in [0.2, 0.25) is 10.0 Å². The molecule has 1 aromatic carbocycles. The smallest absolute Gasteiger partial charge is 0.244 e. The molecule has 0 saturated carbocycles. The van der Waals surface area contributed by atoms with Gasteiger partial charge in [-0.15, -0.1) is 0 Å². The Kier molecular flexibility index (Phi) is 5.23. The predicted molar refractivity (Wildman–Crippen MR) is 77.1 cm³/mol. The Balaban J connectivity index is 3.12. The summed E-state index contributed by atoms with van der Waals surface area (Å²) in [5.41, 5.74) is -0.436. The van der Waals surface area contributed by atoms with Gasteiger partial charge < -0.3 is 4.90 Å². The molecule has 0 spiro atoms. The second kappa shape index (κ2) is 6.15. The fourth-order valence-corrected chi connectivity index (χ4v) is 3.08. The number of hydrogen-bond donors (Lipinski definition) is 1. The van der Waals surface area contributed by atoms with Crippen molar-refractivity contribution in [2.75, 3.05) is 18.8 Å². The van der Waals surface area contributed by atoms with Gasteiger partial charge in [-0.1, -0.05) is 23.2 Å². The van der Waals surface area contributed by atoms with Crippen molar-refractivity contribution in [3.8, 4) is 0 Å². The lowest BCUT2D eigenvalue weighted by atomic mass is 10.3. The molecule has 0 aliphatic heterocycles. The maximum atomic E-state index is 13.7. The van der Waals surface area contributed by atoms with Crippen LogP contribution in [-0.4, -0.2) is 38.6 Å². The normalized spacial score (nSPS) is 12.9. The first kappa shape index (κ1) is 17.0. The number of nitrogens with zero attached hydrogens (tertiary/aromatic N) is 1. The third kappa shape index (κ3) is 3.74. The van der Waals surface area contributed by atoms with Crippen molar-refractivity contribution in [1.29, 1.82) is 0 Å². The molecule has 1 amide bonds. The van der Waals surface area contributed by atoms with E-state index in [1.807, 2.05) is 4.72 Å². The molecule has 0 aliphatic carbocycles. The maximum absolute atomic E-state index is 13.7. The van der Waals surface area contributed by atoms with Crippen molar-refractivity contribution in [3.63, 3.8) is 0 Å². The van der Waals surface area contributed by atoms with Crippen molar-refractivity contribution in [2.24, 2.45) is 0 Å². The third-order valence-corrected chi connectivity index (χ3v) is 4.64. The zero-order valence-corrected chi connectivity index (χ0v) is 13.3. The molecule has 1 rings (SSSR count). The Hall–Kier alpha value is -1.05. The molecule has 0 aliphatic rings. The monoisotopic (exact) mass is 342 g/mol. The van der Waals surface area contributed by atoms with Gasteiger partial charge in [0.25, 0.3) is 0 Å². The fraction of sp³-hybridized carbons (Fsp3) is 0.364. The summed E-state index contributed by atoms with van der Waals surface area (Å²) < 4.78 is 39.7. The van der Waals surface area contributed by atoms with Crippen LogP contribution < -0.4 is 4.72 Å². The summed E-state index contributed by atoms with van der Waals surface area (Å²) in [6.45, 7) is 1.20. The fourth-order valence-electron chi connectivity index (χ4n) is 1.37. The Bertz CT molecular complexity index is 612. The Morgan fingerprint density at radius 1 is 1.35 bits per heavy atom. The summed E-state index contributed by atoms with van der Waals surface area (Å²) in [5, 5.41) is -1.54. The van der Waals surface area contributed by atoms with Crippen LogP contribution in [0.4, 0.5) is 10.1 Å². The van der Waals surface area contributed by atoms with Crippen LogP contribution in [0.5, 0.6) is 0 Å². The summed E-state index contributed by atoms with van der Waals surface area (Å²) in [5.74, 6) is -1.56. The maximum Gasteiger partial charge on any atom is 0.244 e. The standard InChI is InChI=1S/C11H13Cl2FN2O3S/c1-6(11(17)16(2)3)20(18,19)15-10-8(13)4-7(12)5-9(10)14/h4-6,15H,1-3H3/t6-/m1/s1. The summed E-state index contributed by atoms with van der Waals surface area (Å²) >= 11 is 11.3. The van der Waals surface area contributed by atoms with Gasteiger partial charge in [-0.05, 0) is 19.1 Å². The van der Waals surface area contributed by atoms with Crippen LogP contribution in [0.25, 0.3) is 0 Å². The summed E-state index contributed by atoms with van der Waals surface area (Å²) in [6, 6.07) is 2.12. The van der Waals surface area contributed by atoms with E-state index in [2.05, 4.69) is 0 Å². The highest BCUT2D eigenvalue weighted by molar-refractivity contribution is 7.94. The number of halogens is 3. The molecule has 20 heavy (non-hydrogen) atoms. The molecule has 5 nitrogen and oxygen atoms in total. The molecule has 1 aromatic rings. The molecule has 0 heterocycles. The van der Waals surface area contributed by atoms with Crippen molar-refractivity contribution in [1.82, 2.24) is 4.90 Å². The van der Waals surface area contributed by atoms with Gasteiger partial charge in [0, 0.05) is 19.1 Å². The first-order valence-corrected chi connectivity index (χ1v) is 7.74. The number of anilines is 1. The van der Waals surface area contributed by atoms with Gasteiger partial charge in [0.15, 0.2) is 5.25 Å². The van der Waals surface area contributed by atoms with Crippen LogP contribution >= 0.6 is 23.2 Å². The lowest BCUT2D eigenvalue weighted by Gasteiger charge is -2.19. The minimum Gasteiger partial charge on any atom is -0.348 e. The minimum absolute atomic E-state index is 0.0351. The lowest BCUT2D eigenvalue weighted by molar-refractivity contribution is -0.127. The van der Waals surface area contributed by atoms with Crippen LogP contribution in [0, 0.1) is 5.82 Å². The SMILES string of the molecule is C[C@H](C(=O)N(C)C)S(=O)(=O)Nc1c(F)cc(Cl)cc1Cl. The molecule has 0 unspecified atom stereocenters. The quantitative estimate of drug-likeness (QED) is 0.913. The molecule has 0 saturated heterocycles. The van der Waals surface area contributed by atoms with Gasteiger partial charge in [0.05, 0.1) is 5.02 Å². The summed E-state index contributed by atoms with van der Waals surface area (Å²) in [4.78, 5) is 12.8. The van der Waals surface area contributed by atoms with E-state index in [1.54, 1.807) is 0 Å². The van der Waals surface area contributed by atoms with E-state index in [4.69, 9.17) is 23.2 Å². The number of carbonyl (C=O) groups is 1. The van der Waals surface area contributed by atoms with Crippen molar-refractivity contribution in [3.05, 3.63) is 28.0 Å². The van der Waals surface area contributed by atoms with Crippen LogP contribution in [0.15, 0.2) is 12.1 Å². The number of nitrogens with one attached hydrogen (secondary N) is 1. The predicted octanol–water partition coefficient (Wildman–Crippen LogP) is 2.35. The van der Waals surface area contributed by atoms with Gasteiger partial charge in [-0.2, -0.15) is 0 Å². The minimum atomic E-state index is -4.12. The van der Waals surface area contributed by atoms with E-state index in [0.29, 0.717) is 0 Å². The van der Waals surface area contributed by atoms with Gasteiger partial charge >= 0.3 is 0 Å². The van der Waals surface area contributed by atoms with E-state index >= 15 is 0 Å². The molecule has 1 N–H and O–H groups in total. The molecule has 0 fully saturated rings. The molecule has 0 radical (unpaired) electrons. The largest absolute Gasteiger partial charge is 0.348 e. The number of carbonyl (C=O) groups excluding carboxylic acids is 1. The number of amides is 1. The zero-order valence-electron chi connectivity index (χ0n) is 10.9. The average molecular weight is 343 g/mol. The number of rotatable bonds is 4. The topological polar surface area (TPSA) is 66.5 Å². The van der Waals surface area contributed by atoms with Crippen LogP contribution in [0.3, 0.4) is 0 Å². The van der Waals surface area contributed by atoms with Crippen LogP contribution in [0.1, 0.15) is 6.92 Å². The Labute approximate surface area is 126 Å². The summed E-state index contributed by atoms with van der Waals surface area (Å²) in [7, 11) is -1.28. The van der Waals surface area contributed by atoms with Gasteiger partial charge in [-0.3, -0.25) is 9.52 Å². The highest BCUT2D eigenvalue weighted by atomic mass is 35.5. The molecule has 1 atom stereocenters. The van der Waals surface area contributed by atoms with E-state index in [9.17, 15) is 17.6 Å². The van der Waals surface area contributed by atoms with Crippen LogP contribution in [-0.2, 0) is 14.8 Å². The first-order chi connectivity index (χ1) is 9.06. The van der Waals surface area contributed by atoms with Crippen molar-refractivity contribution >= 4 is 44.8 Å². The third-order valence-electron chi connectivity index (χ3n) is 2.51. The average Bonchev–Trinajstić information content (AvgIpc) is 2.31. The van der Waals surface area contributed by atoms with Crippen molar-refractivity contribution in [2.45, 2.75) is 12.2 Å². The Morgan fingerprint density at radius 3 is 2.35 bits per heavy atom. The van der Waals surface area contributed by atoms with Gasteiger partial charge in [0.1, 0.15) is 11.5 Å². The second-order valence-electron chi connectivity index (χ2n) is 4.27.